The lowest BCUT2D eigenvalue weighted by molar-refractivity contribution is 0.534. The van der Waals surface area contributed by atoms with Crippen molar-refractivity contribution >= 4 is 0 Å². The Labute approximate surface area is 127 Å². The number of aromatic nitrogens is 2. The quantitative estimate of drug-likeness (QED) is 0.876. The second-order valence-corrected chi connectivity index (χ2v) is 5.74. The first-order chi connectivity index (χ1) is 10.1. The molecule has 1 heterocycles. The Bertz CT molecular complexity index is 561. The van der Waals surface area contributed by atoms with Gasteiger partial charge in [-0.25, -0.2) is 9.97 Å². The van der Waals surface area contributed by atoms with Crippen LogP contribution in [0.5, 0.6) is 0 Å². The van der Waals surface area contributed by atoms with Gasteiger partial charge in [0.05, 0.1) is 11.7 Å². The Morgan fingerprint density at radius 3 is 2.38 bits per heavy atom. The smallest absolute Gasteiger partial charge is 0.125 e. The molecule has 1 aromatic carbocycles. The summed E-state index contributed by atoms with van der Waals surface area (Å²) in [5.41, 5.74) is 3.79. The van der Waals surface area contributed by atoms with Crippen LogP contribution in [0.3, 0.4) is 0 Å². The molecule has 0 fully saturated rings. The van der Waals surface area contributed by atoms with Gasteiger partial charge < -0.3 is 5.32 Å². The average Bonchev–Trinajstić information content (AvgIpc) is 2.47. The zero-order chi connectivity index (χ0) is 15.2. The van der Waals surface area contributed by atoms with Gasteiger partial charge in [0, 0.05) is 6.20 Å². The molecule has 2 rings (SSSR count). The fourth-order valence-electron chi connectivity index (χ4n) is 2.47. The van der Waals surface area contributed by atoms with Crippen molar-refractivity contribution in [2.45, 2.75) is 46.1 Å². The monoisotopic (exact) mass is 283 g/mol. The molecule has 0 bridgehead atoms. The van der Waals surface area contributed by atoms with Crippen LogP contribution in [0.25, 0.3) is 0 Å². The zero-order valence-corrected chi connectivity index (χ0v) is 13.4. The van der Waals surface area contributed by atoms with Crippen molar-refractivity contribution in [3.8, 4) is 0 Å². The third kappa shape index (κ3) is 4.36. The second-order valence-electron chi connectivity index (χ2n) is 5.74. The SMILES string of the molecule is CCNC(Cc1ccc(C(C)C)cc1)c1ccnc(C)n1. The summed E-state index contributed by atoms with van der Waals surface area (Å²) < 4.78 is 0. The highest BCUT2D eigenvalue weighted by Crippen LogP contribution is 2.19. The first kappa shape index (κ1) is 15.6. The van der Waals surface area contributed by atoms with Crippen molar-refractivity contribution in [3.05, 3.63) is 59.2 Å². The molecule has 112 valence electrons. The summed E-state index contributed by atoms with van der Waals surface area (Å²) in [6, 6.07) is 11.2. The third-order valence-corrected chi connectivity index (χ3v) is 3.69. The minimum Gasteiger partial charge on any atom is -0.309 e. The van der Waals surface area contributed by atoms with E-state index in [1.54, 1.807) is 0 Å². The van der Waals surface area contributed by atoms with Gasteiger partial charge in [-0.05, 0) is 43.0 Å². The van der Waals surface area contributed by atoms with Crippen LogP contribution in [-0.2, 0) is 6.42 Å². The van der Waals surface area contributed by atoms with Crippen molar-refractivity contribution < 1.29 is 0 Å². The van der Waals surface area contributed by atoms with E-state index < -0.39 is 0 Å². The van der Waals surface area contributed by atoms with E-state index in [-0.39, 0.29) is 6.04 Å². The number of aryl methyl sites for hydroxylation is 1. The van der Waals surface area contributed by atoms with Crippen LogP contribution in [0.15, 0.2) is 36.5 Å². The van der Waals surface area contributed by atoms with Crippen molar-refractivity contribution in [2.75, 3.05) is 6.54 Å². The minimum atomic E-state index is 0.238. The molecule has 0 amide bonds. The summed E-state index contributed by atoms with van der Waals surface area (Å²) in [7, 11) is 0. The molecule has 1 N–H and O–H groups in total. The van der Waals surface area contributed by atoms with Crippen molar-refractivity contribution in [3.63, 3.8) is 0 Å². The second kappa shape index (κ2) is 7.32. The number of nitrogens with one attached hydrogen (secondary N) is 1. The Morgan fingerprint density at radius 2 is 1.81 bits per heavy atom. The van der Waals surface area contributed by atoms with Crippen molar-refractivity contribution in [1.29, 1.82) is 0 Å². The molecule has 21 heavy (non-hydrogen) atoms. The van der Waals surface area contributed by atoms with E-state index >= 15 is 0 Å². The van der Waals surface area contributed by atoms with E-state index in [0.29, 0.717) is 5.92 Å². The van der Waals surface area contributed by atoms with E-state index in [2.05, 4.69) is 60.3 Å². The minimum absolute atomic E-state index is 0.238. The van der Waals surface area contributed by atoms with E-state index in [1.807, 2.05) is 19.2 Å². The normalized spacial score (nSPS) is 12.6. The Balaban J connectivity index is 2.16. The maximum atomic E-state index is 4.56. The number of nitrogens with zero attached hydrogens (tertiary/aromatic N) is 2. The molecule has 0 aliphatic rings. The number of hydrogen-bond acceptors (Lipinski definition) is 3. The first-order valence-electron chi connectivity index (χ1n) is 7.72. The van der Waals surface area contributed by atoms with Gasteiger partial charge in [0.25, 0.3) is 0 Å². The summed E-state index contributed by atoms with van der Waals surface area (Å²) >= 11 is 0. The lowest BCUT2D eigenvalue weighted by Crippen LogP contribution is -2.24. The van der Waals surface area contributed by atoms with Crippen LogP contribution >= 0.6 is 0 Å². The largest absolute Gasteiger partial charge is 0.309 e. The van der Waals surface area contributed by atoms with Gasteiger partial charge in [-0.15, -0.1) is 0 Å². The van der Waals surface area contributed by atoms with E-state index in [1.165, 1.54) is 11.1 Å². The highest BCUT2D eigenvalue weighted by atomic mass is 15.0. The van der Waals surface area contributed by atoms with E-state index in [0.717, 1.165) is 24.5 Å². The van der Waals surface area contributed by atoms with Crippen molar-refractivity contribution in [2.24, 2.45) is 0 Å². The Kier molecular flexibility index (Phi) is 5.45. The summed E-state index contributed by atoms with van der Waals surface area (Å²) in [6.45, 7) is 9.44. The fraction of sp³-hybridized carbons (Fsp3) is 0.444. The fourth-order valence-corrected chi connectivity index (χ4v) is 2.47. The van der Waals surface area contributed by atoms with E-state index in [9.17, 15) is 0 Å². The molecule has 0 saturated carbocycles. The highest BCUT2D eigenvalue weighted by molar-refractivity contribution is 5.26. The summed E-state index contributed by atoms with van der Waals surface area (Å²) in [6.07, 6.45) is 2.78. The molecule has 1 aromatic heterocycles. The van der Waals surface area contributed by atoms with Crippen molar-refractivity contribution in [1.82, 2.24) is 15.3 Å². The first-order valence-corrected chi connectivity index (χ1v) is 7.72. The van der Waals surface area contributed by atoms with Crippen LogP contribution in [0.2, 0.25) is 0 Å². The lowest BCUT2D eigenvalue weighted by atomic mass is 9.98. The van der Waals surface area contributed by atoms with Crippen LogP contribution in [0.4, 0.5) is 0 Å². The van der Waals surface area contributed by atoms with Gasteiger partial charge in [-0.1, -0.05) is 45.0 Å². The molecule has 0 aliphatic heterocycles. The van der Waals surface area contributed by atoms with Crippen LogP contribution in [0, 0.1) is 6.92 Å². The zero-order valence-electron chi connectivity index (χ0n) is 13.4. The molecular formula is C18H25N3. The highest BCUT2D eigenvalue weighted by Gasteiger charge is 2.13. The van der Waals surface area contributed by atoms with E-state index in [4.69, 9.17) is 0 Å². The molecule has 0 radical (unpaired) electrons. The molecule has 1 unspecified atom stereocenters. The van der Waals surface area contributed by atoms with Crippen LogP contribution < -0.4 is 5.32 Å². The molecule has 3 heteroatoms. The van der Waals surface area contributed by atoms with Gasteiger partial charge in [0.15, 0.2) is 0 Å². The predicted octanol–water partition coefficient (Wildman–Crippen LogP) is 3.80. The predicted molar refractivity (Wildman–Crippen MR) is 87.4 cm³/mol. The lowest BCUT2D eigenvalue weighted by Gasteiger charge is -2.18. The molecule has 0 spiro atoms. The molecule has 1 atom stereocenters. The van der Waals surface area contributed by atoms with Gasteiger partial charge in [-0.3, -0.25) is 0 Å². The maximum Gasteiger partial charge on any atom is 0.125 e. The number of benzene rings is 1. The molecule has 3 nitrogen and oxygen atoms in total. The topological polar surface area (TPSA) is 37.8 Å². The number of likely N-dealkylation sites (N-methyl/N-ethyl adjacent to an activating group) is 1. The van der Waals surface area contributed by atoms with Gasteiger partial charge in [0.1, 0.15) is 5.82 Å². The van der Waals surface area contributed by atoms with Gasteiger partial charge >= 0.3 is 0 Å². The number of rotatable bonds is 6. The average molecular weight is 283 g/mol. The van der Waals surface area contributed by atoms with Crippen LogP contribution in [0.1, 0.15) is 55.4 Å². The molecule has 2 aromatic rings. The Hall–Kier alpha value is -1.74. The molecule has 0 aliphatic carbocycles. The third-order valence-electron chi connectivity index (χ3n) is 3.69. The Morgan fingerprint density at radius 1 is 1.10 bits per heavy atom. The van der Waals surface area contributed by atoms with Gasteiger partial charge in [0.2, 0.25) is 0 Å². The molecule has 0 saturated heterocycles. The summed E-state index contributed by atoms with van der Waals surface area (Å²) in [4.78, 5) is 8.74. The number of hydrogen-bond donors (Lipinski definition) is 1. The maximum absolute atomic E-state index is 4.56. The van der Waals surface area contributed by atoms with Crippen LogP contribution in [-0.4, -0.2) is 16.5 Å². The van der Waals surface area contributed by atoms with Gasteiger partial charge in [-0.2, -0.15) is 0 Å². The standard InChI is InChI=1S/C18H25N3/c1-5-19-18(17-10-11-20-14(4)21-17)12-15-6-8-16(9-7-15)13(2)3/h6-11,13,18-19H,5,12H2,1-4H3. The summed E-state index contributed by atoms with van der Waals surface area (Å²) in [5.74, 6) is 1.40. The molecular weight excluding hydrogens is 258 g/mol. The summed E-state index contributed by atoms with van der Waals surface area (Å²) in [5, 5.41) is 3.52.